The molecule has 0 aliphatic heterocycles. The summed E-state index contributed by atoms with van der Waals surface area (Å²) < 4.78 is 0. The maximum absolute atomic E-state index is 11.7. The number of hydrogen-bond donors (Lipinski definition) is 6. The van der Waals surface area contributed by atoms with E-state index in [1.807, 2.05) is 13.8 Å². The van der Waals surface area contributed by atoms with Crippen LogP contribution in [0.5, 0.6) is 0 Å². The molecule has 0 aliphatic rings. The molecule has 0 unspecified atom stereocenters. The second kappa shape index (κ2) is 19.7. The summed E-state index contributed by atoms with van der Waals surface area (Å²) in [6, 6.07) is -0.903. The summed E-state index contributed by atoms with van der Waals surface area (Å²) in [5, 5.41) is 17.6. The van der Waals surface area contributed by atoms with Crippen LogP contribution in [0.2, 0.25) is 0 Å². The zero-order chi connectivity index (χ0) is 22.7. The summed E-state index contributed by atoms with van der Waals surface area (Å²) in [4.78, 5) is 41.3. The number of carbonyl (C=O) groups is 4. The van der Waals surface area contributed by atoms with E-state index in [1.54, 1.807) is 0 Å². The molecule has 10 nitrogen and oxygen atoms in total. The molecule has 0 fully saturated rings. The summed E-state index contributed by atoms with van der Waals surface area (Å²) in [6.07, 6.45) is 3.44. The molecule has 0 aliphatic carbocycles. The van der Waals surface area contributed by atoms with Crippen molar-refractivity contribution in [2.24, 2.45) is 23.1 Å². The van der Waals surface area contributed by atoms with E-state index >= 15 is 0 Å². The van der Waals surface area contributed by atoms with E-state index in [9.17, 15) is 9.59 Å². The number of hydrogen-bond acceptors (Lipinski definition) is 7. The number of ketones is 1. The topological polar surface area (TPSA) is 199 Å². The minimum absolute atomic E-state index is 0.0458. The van der Waals surface area contributed by atoms with E-state index in [2.05, 4.69) is 5.32 Å². The quantitative estimate of drug-likeness (QED) is 0.257. The van der Waals surface area contributed by atoms with Gasteiger partial charge in [-0.15, -0.1) is 0 Å². The highest BCUT2D eigenvalue weighted by Crippen LogP contribution is 2.03. The van der Waals surface area contributed by atoms with Gasteiger partial charge in [0.25, 0.3) is 11.9 Å². The van der Waals surface area contributed by atoms with E-state index in [0.717, 1.165) is 26.7 Å². The van der Waals surface area contributed by atoms with Crippen LogP contribution >= 0.6 is 0 Å². The van der Waals surface area contributed by atoms with Gasteiger partial charge in [0.2, 0.25) is 5.91 Å². The summed E-state index contributed by atoms with van der Waals surface area (Å²) in [5.41, 5.74) is 16.9. The van der Waals surface area contributed by atoms with Crippen LogP contribution in [0.1, 0.15) is 59.8 Å². The van der Waals surface area contributed by atoms with E-state index in [1.165, 1.54) is 0 Å². The lowest BCUT2D eigenvalue weighted by Gasteiger charge is -2.15. The first-order valence-corrected chi connectivity index (χ1v) is 9.27. The Morgan fingerprint density at radius 2 is 1.39 bits per heavy atom. The number of rotatable bonds is 11. The molecule has 0 aromatic carbocycles. The van der Waals surface area contributed by atoms with Gasteiger partial charge in [0.1, 0.15) is 5.78 Å². The number of carboxylic acid groups (broad SMARTS) is 2. The zero-order valence-corrected chi connectivity index (χ0v) is 17.4. The van der Waals surface area contributed by atoms with Crippen molar-refractivity contribution < 1.29 is 29.4 Å². The molecular formula is C18H38N4O6. The van der Waals surface area contributed by atoms with Crippen LogP contribution in [-0.2, 0) is 19.2 Å². The first-order chi connectivity index (χ1) is 12.9. The number of carbonyl (C=O) groups excluding carboxylic acids is 2. The Kier molecular flexibility index (Phi) is 21.6. The first-order valence-electron chi connectivity index (χ1n) is 9.27. The predicted molar refractivity (Wildman–Crippen MR) is 108 cm³/mol. The van der Waals surface area contributed by atoms with Crippen molar-refractivity contribution in [2.45, 2.75) is 71.9 Å². The third-order valence-electron chi connectivity index (χ3n) is 3.30. The molecular weight excluding hydrogens is 368 g/mol. The van der Waals surface area contributed by atoms with Crippen molar-refractivity contribution in [3.05, 3.63) is 0 Å². The van der Waals surface area contributed by atoms with Gasteiger partial charge in [0.05, 0.1) is 12.1 Å². The standard InChI is InChI=1S/C14H30N4O2.2C2H4O2/c1-10(2)13(17)14(20)18-9-5-7-12(19)11(16)6-3-4-8-15;2*1-2(3)4/h10-11,13H,3-9,15-17H2,1-2H3,(H,18,20);2*1H3,(H,3,4)/t11-,13-;;/m0../s1. The summed E-state index contributed by atoms with van der Waals surface area (Å²) in [7, 11) is 0. The van der Waals surface area contributed by atoms with Crippen molar-refractivity contribution >= 4 is 23.6 Å². The van der Waals surface area contributed by atoms with E-state index in [-0.39, 0.29) is 17.6 Å². The Morgan fingerprint density at radius 3 is 1.79 bits per heavy atom. The lowest BCUT2D eigenvalue weighted by molar-refractivity contribution is -0.135. The molecule has 2 atom stereocenters. The monoisotopic (exact) mass is 406 g/mol. The third-order valence-corrected chi connectivity index (χ3v) is 3.30. The van der Waals surface area contributed by atoms with Gasteiger partial charge in [-0.1, -0.05) is 20.3 Å². The van der Waals surface area contributed by atoms with Gasteiger partial charge in [-0.3, -0.25) is 19.2 Å². The number of aliphatic carboxylic acids is 2. The summed E-state index contributed by atoms with van der Waals surface area (Å²) in [6.45, 7) is 7.05. The van der Waals surface area contributed by atoms with Gasteiger partial charge in [-0.25, -0.2) is 0 Å². The van der Waals surface area contributed by atoms with Gasteiger partial charge in [-0.2, -0.15) is 0 Å². The lowest BCUT2D eigenvalue weighted by atomic mass is 10.0. The molecule has 0 saturated carbocycles. The van der Waals surface area contributed by atoms with Crippen LogP contribution < -0.4 is 22.5 Å². The molecule has 0 heterocycles. The minimum atomic E-state index is -0.833. The molecule has 9 N–H and O–H groups in total. The van der Waals surface area contributed by atoms with E-state index < -0.39 is 24.0 Å². The molecule has 1 amide bonds. The fraction of sp³-hybridized carbons (Fsp3) is 0.778. The molecule has 0 bridgehead atoms. The molecule has 0 radical (unpaired) electrons. The van der Waals surface area contributed by atoms with Crippen molar-refractivity contribution in [2.75, 3.05) is 13.1 Å². The van der Waals surface area contributed by atoms with Gasteiger partial charge >= 0.3 is 0 Å². The third kappa shape index (κ3) is 26.2. The molecule has 0 aromatic rings. The normalized spacial score (nSPS) is 11.9. The van der Waals surface area contributed by atoms with E-state index in [0.29, 0.717) is 32.4 Å². The largest absolute Gasteiger partial charge is 0.481 e. The number of nitrogens with one attached hydrogen (secondary N) is 1. The van der Waals surface area contributed by atoms with Gasteiger partial charge < -0.3 is 32.7 Å². The lowest BCUT2D eigenvalue weighted by Crippen LogP contribution is -2.44. The Labute approximate surface area is 167 Å². The maximum Gasteiger partial charge on any atom is 0.300 e. The number of nitrogens with two attached hydrogens (primary N) is 3. The molecule has 28 heavy (non-hydrogen) atoms. The average Bonchev–Trinajstić information content (AvgIpc) is 2.56. The van der Waals surface area contributed by atoms with Crippen LogP contribution in [0.4, 0.5) is 0 Å². The van der Waals surface area contributed by atoms with Gasteiger partial charge in [-0.05, 0) is 31.7 Å². The Morgan fingerprint density at radius 1 is 0.929 bits per heavy atom. The van der Waals surface area contributed by atoms with Crippen molar-refractivity contribution in [3.63, 3.8) is 0 Å². The van der Waals surface area contributed by atoms with Crippen LogP contribution in [0.25, 0.3) is 0 Å². The van der Waals surface area contributed by atoms with Crippen LogP contribution in [0, 0.1) is 5.92 Å². The number of unbranched alkanes of at least 4 members (excludes halogenated alkanes) is 1. The fourth-order valence-corrected chi connectivity index (χ4v) is 1.75. The fourth-order valence-electron chi connectivity index (χ4n) is 1.75. The van der Waals surface area contributed by atoms with Crippen LogP contribution in [0.3, 0.4) is 0 Å². The predicted octanol–water partition coefficient (Wildman–Crippen LogP) is 0.0733. The molecule has 166 valence electrons. The zero-order valence-electron chi connectivity index (χ0n) is 17.4. The highest BCUT2D eigenvalue weighted by atomic mass is 16.4. The van der Waals surface area contributed by atoms with Crippen LogP contribution in [0.15, 0.2) is 0 Å². The number of amides is 1. The van der Waals surface area contributed by atoms with Crippen LogP contribution in [-0.4, -0.2) is 59.0 Å². The van der Waals surface area contributed by atoms with E-state index in [4.69, 9.17) is 37.0 Å². The Balaban J connectivity index is -0.000000656. The van der Waals surface area contributed by atoms with Gasteiger partial charge in [0, 0.05) is 26.8 Å². The maximum atomic E-state index is 11.7. The highest BCUT2D eigenvalue weighted by Gasteiger charge is 2.17. The van der Waals surface area contributed by atoms with Crippen molar-refractivity contribution in [3.8, 4) is 0 Å². The SMILES string of the molecule is CC(=O)O.CC(=O)O.CC(C)[C@H](N)C(=O)NCCCC(=O)[C@@H](N)CCCCN. The Bertz CT molecular complexity index is 437. The average molecular weight is 407 g/mol. The summed E-state index contributed by atoms with van der Waals surface area (Å²) >= 11 is 0. The number of Topliss-reactive ketones (excluding diaryl/α,β-unsaturated/α-hetero) is 1. The smallest absolute Gasteiger partial charge is 0.300 e. The second-order valence-corrected chi connectivity index (χ2v) is 6.56. The molecule has 10 heteroatoms. The Hall–Kier alpha value is -2.04. The second-order valence-electron chi connectivity index (χ2n) is 6.56. The molecule has 0 aromatic heterocycles. The minimum Gasteiger partial charge on any atom is -0.481 e. The van der Waals surface area contributed by atoms with Crippen molar-refractivity contribution in [1.29, 1.82) is 0 Å². The summed E-state index contributed by atoms with van der Waals surface area (Å²) in [5.74, 6) is -1.68. The van der Waals surface area contributed by atoms with Crippen molar-refractivity contribution in [1.82, 2.24) is 5.32 Å². The van der Waals surface area contributed by atoms with Gasteiger partial charge in [0.15, 0.2) is 0 Å². The molecule has 0 saturated heterocycles. The highest BCUT2D eigenvalue weighted by molar-refractivity contribution is 5.84. The molecule has 0 rings (SSSR count). The molecule has 0 spiro atoms. The number of carboxylic acids is 2. The first kappa shape index (κ1) is 30.7.